The van der Waals surface area contributed by atoms with Crippen LogP contribution in [0.2, 0.25) is 0 Å². The average molecular weight is 244 g/mol. The molecule has 1 aliphatic carbocycles. The number of hydrogen-bond acceptors (Lipinski definition) is 0. The first-order chi connectivity index (χ1) is 6.85. The molecular formula is C11H17F5. The van der Waals surface area contributed by atoms with Gasteiger partial charge in [-0.1, -0.05) is 20.8 Å². The highest BCUT2D eigenvalue weighted by molar-refractivity contribution is 5.12. The summed E-state index contributed by atoms with van der Waals surface area (Å²) < 4.78 is 68.1. The third-order valence-corrected chi connectivity index (χ3v) is 3.53. The van der Waals surface area contributed by atoms with Gasteiger partial charge in [-0.15, -0.1) is 0 Å². The average Bonchev–Trinajstić information content (AvgIpc) is 1.97. The quantitative estimate of drug-likeness (QED) is 0.598. The van der Waals surface area contributed by atoms with Crippen LogP contribution in [0.25, 0.3) is 0 Å². The molecule has 1 saturated carbocycles. The molecule has 1 fully saturated rings. The topological polar surface area (TPSA) is 0 Å². The van der Waals surface area contributed by atoms with E-state index in [1.54, 1.807) is 0 Å². The van der Waals surface area contributed by atoms with Crippen molar-refractivity contribution in [1.29, 1.82) is 0 Å². The van der Waals surface area contributed by atoms with Gasteiger partial charge in [-0.3, -0.25) is 0 Å². The van der Waals surface area contributed by atoms with Crippen molar-refractivity contribution in [3.63, 3.8) is 0 Å². The molecule has 0 amide bonds. The van der Waals surface area contributed by atoms with Crippen LogP contribution in [0, 0.1) is 11.3 Å². The minimum Gasteiger partial charge on any atom is -0.230 e. The highest BCUT2D eigenvalue weighted by Crippen LogP contribution is 2.60. The van der Waals surface area contributed by atoms with Crippen molar-refractivity contribution < 1.29 is 22.0 Å². The van der Waals surface area contributed by atoms with Gasteiger partial charge in [0, 0.05) is 12.3 Å². The SMILES string of the molecule is CC1CC(C)(C)C(F)(F)C(F)(C(C)(F)F)C1. The summed E-state index contributed by atoms with van der Waals surface area (Å²) in [4.78, 5) is 0. The summed E-state index contributed by atoms with van der Waals surface area (Å²) >= 11 is 0. The third-order valence-electron chi connectivity index (χ3n) is 3.53. The molecule has 0 saturated heterocycles. The first-order valence-corrected chi connectivity index (χ1v) is 5.30. The van der Waals surface area contributed by atoms with Crippen molar-refractivity contribution in [3.8, 4) is 0 Å². The lowest BCUT2D eigenvalue weighted by Gasteiger charge is -2.51. The first-order valence-electron chi connectivity index (χ1n) is 5.30. The highest BCUT2D eigenvalue weighted by atomic mass is 19.3. The molecule has 0 N–H and O–H groups in total. The molecule has 1 aliphatic rings. The van der Waals surface area contributed by atoms with Gasteiger partial charge >= 0.3 is 0 Å². The van der Waals surface area contributed by atoms with E-state index >= 15 is 0 Å². The number of hydrogen-bond donors (Lipinski definition) is 0. The molecule has 0 nitrogen and oxygen atoms in total. The first kappa shape index (κ1) is 13.7. The number of rotatable bonds is 1. The van der Waals surface area contributed by atoms with Crippen LogP contribution in [-0.2, 0) is 0 Å². The molecule has 1 rings (SSSR count). The van der Waals surface area contributed by atoms with E-state index in [4.69, 9.17) is 0 Å². The summed E-state index contributed by atoms with van der Waals surface area (Å²) in [5.41, 5.74) is -5.50. The van der Waals surface area contributed by atoms with Gasteiger partial charge in [0.15, 0.2) is 0 Å². The lowest BCUT2D eigenvalue weighted by Crippen LogP contribution is -2.65. The van der Waals surface area contributed by atoms with E-state index in [1.165, 1.54) is 6.92 Å². The highest BCUT2D eigenvalue weighted by Gasteiger charge is 2.74. The zero-order chi connectivity index (χ0) is 13.0. The van der Waals surface area contributed by atoms with Gasteiger partial charge in [0.05, 0.1) is 0 Å². The van der Waals surface area contributed by atoms with Crippen LogP contribution < -0.4 is 0 Å². The maximum Gasteiger partial charge on any atom is 0.292 e. The summed E-state index contributed by atoms with van der Waals surface area (Å²) in [6.45, 7) is 4.04. The fourth-order valence-electron chi connectivity index (χ4n) is 2.67. The van der Waals surface area contributed by atoms with Gasteiger partial charge < -0.3 is 0 Å². The molecule has 0 aromatic heterocycles. The molecule has 0 aromatic rings. The summed E-state index contributed by atoms with van der Waals surface area (Å²) in [6, 6.07) is 0. The van der Waals surface area contributed by atoms with E-state index in [0.29, 0.717) is 0 Å². The van der Waals surface area contributed by atoms with E-state index in [9.17, 15) is 22.0 Å². The Kier molecular flexibility index (Phi) is 2.85. The van der Waals surface area contributed by atoms with Crippen LogP contribution in [0.15, 0.2) is 0 Å². The Labute approximate surface area is 92.2 Å². The van der Waals surface area contributed by atoms with Crippen molar-refractivity contribution in [2.75, 3.05) is 0 Å². The Morgan fingerprint density at radius 2 is 1.50 bits per heavy atom. The molecule has 2 atom stereocenters. The predicted octanol–water partition coefficient (Wildman–Crippen LogP) is 4.44. The smallest absolute Gasteiger partial charge is 0.230 e. The summed E-state index contributed by atoms with van der Waals surface area (Å²) in [7, 11) is 0. The lowest BCUT2D eigenvalue weighted by molar-refractivity contribution is -0.304. The minimum absolute atomic E-state index is 0.0434. The second-order valence-corrected chi connectivity index (χ2v) is 5.66. The fraction of sp³-hybridized carbons (Fsp3) is 1.00. The standard InChI is InChI=1S/C11H17F5/c1-7-5-8(2,3)11(15,16)10(14,6-7)9(4,12)13/h7H,5-6H2,1-4H3. The molecular weight excluding hydrogens is 227 g/mol. The normalized spacial score (nSPS) is 38.4. The van der Waals surface area contributed by atoms with Gasteiger partial charge in [-0.2, -0.15) is 0 Å². The summed E-state index contributed by atoms with van der Waals surface area (Å²) in [5.74, 6) is -8.54. The van der Waals surface area contributed by atoms with Crippen molar-refractivity contribution in [2.45, 2.75) is 58.1 Å². The molecule has 2 unspecified atom stereocenters. The molecule has 16 heavy (non-hydrogen) atoms. The molecule has 0 aromatic carbocycles. The van der Waals surface area contributed by atoms with E-state index in [-0.39, 0.29) is 13.3 Å². The van der Waals surface area contributed by atoms with Crippen LogP contribution in [-0.4, -0.2) is 17.5 Å². The van der Waals surface area contributed by atoms with Crippen molar-refractivity contribution >= 4 is 0 Å². The summed E-state index contributed by atoms with van der Waals surface area (Å²) in [5, 5.41) is 0. The van der Waals surface area contributed by atoms with Crippen LogP contribution >= 0.6 is 0 Å². The molecule has 0 aliphatic heterocycles. The van der Waals surface area contributed by atoms with Gasteiger partial charge in [-0.05, 0) is 18.8 Å². The zero-order valence-corrected chi connectivity index (χ0v) is 9.88. The minimum atomic E-state index is -4.04. The van der Waals surface area contributed by atoms with Gasteiger partial charge in [0.2, 0.25) is 5.67 Å². The second-order valence-electron chi connectivity index (χ2n) is 5.66. The maximum atomic E-state index is 14.1. The monoisotopic (exact) mass is 244 g/mol. The van der Waals surface area contributed by atoms with E-state index in [1.807, 2.05) is 0 Å². The van der Waals surface area contributed by atoms with E-state index in [0.717, 1.165) is 13.8 Å². The molecule has 0 radical (unpaired) electrons. The van der Waals surface area contributed by atoms with Gasteiger partial charge in [0.25, 0.3) is 11.8 Å². The molecule has 0 heterocycles. The predicted molar refractivity (Wildman–Crippen MR) is 51.6 cm³/mol. The van der Waals surface area contributed by atoms with Crippen molar-refractivity contribution in [1.82, 2.24) is 0 Å². The molecule has 96 valence electrons. The van der Waals surface area contributed by atoms with E-state index < -0.39 is 35.3 Å². The van der Waals surface area contributed by atoms with Gasteiger partial charge in [0.1, 0.15) is 0 Å². The number of halogens is 5. The van der Waals surface area contributed by atoms with Gasteiger partial charge in [-0.25, -0.2) is 22.0 Å². The Hall–Kier alpha value is -0.350. The Balaban J connectivity index is 3.27. The van der Waals surface area contributed by atoms with Crippen LogP contribution in [0.4, 0.5) is 22.0 Å². The van der Waals surface area contributed by atoms with Crippen LogP contribution in [0.5, 0.6) is 0 Å². The third kappa shape index (κ3) is 1.63. The van der Waals surface area contributed by atoms with Crippen LogP contribution in [0.1, 0.15) is 40.5 Å². The Morgan fingerprint density at radius 3 is 1.88 bits per heavy atom. The fourth-order valence-corrected chi connectivity index (χ4v) is 2.67. The second kappa shape index (κ2) is 3.33. The number of alkyl halides is 5. The largest absolute Gasteiger partial charge is 0.292 e. The Bertz CT molecular complexity index is 279. The molecule has 0 spiro atoms. The van der Waals surface area contributed by atoms with E-state index in [2.05, 4.69) is 0 Å². The van der Waals surface area contributed by atoms with Crippen molar-refractivity contribution in [2.24, 2.45) is 11.3 Å². The molecule has 0 bridgehead atoms. The zero-order valence-electron chi connectivity index (χ0n) is 9.88. The summed E-state index contributed by atoms with van der Waals surface area (Å²) in [6.07, 6.45) is -0.755. The maximum absolute atomic E-state index is 14.1. The lowest BCUT2D eigenvalue weighted by atomic mass is 9.62. The van der Waals surface area contributed by atoms with Crippen molar-refractivity contribution in [3.05, 3.63) is 0 Å². The van der Waals surface area contributed by atoms with Crippen LogP contribution in [0.3, 0.4) is 0 Å². The Morgan fingerprint density at radius 1 is 1.06 bits per heavy atom. The molecule has 5 heteroatoms.